The average Bonchev–Trinajstić information content (AvgIpc) is 3.23. The van der Waals surface area contributed by atoms with Crippen LogP contribution in [0.2, 0.25) is 0 Å². The summed E-state index contributed by atoms with van der Waals surface area (Å²) in [5.74, 6) is -1.80. The van der Waals surface area contributed by atoms with Crippen molar-refractivity contribution in [2.75, 3.05) is 31.6 Å². The number of morpholine rings is 1. The lowest BCUT2D eigenvalue weighted by Gasteiger charge is -2.27. The first-order chi connectivity index (χ1) is 15.6. The van der Waals surface area contributed by atoms with Crippen molar-refractivity contribution >= 4 is 28.7 Å². The molecule has 1 aliphatic rings. The molecule has 162 valence electrons. The van der Waals surface area contributed by atoms with E-state index in [-0.39, 0.29) is 11.6 Å². The lowest BCUT2D eigenvalue weighted by molar-refractivity contribution is 0.0296. The molecule has 1 N–H and O–H groups in total. The highest BCUT2D eigenvalue weighted by Crippen LogP contribution is 2.25. The minimum Gasteiger partial charge on any atom is -0.378 e. The van der Waals surface area contributed by atoms with E-state index in [9.17, 15) is 13.6 Å². The second-order valence-electron chi connectivity index (χ2n) is 7.07. The fraction of sp³-hybridized carbons (Fsp3) is 0.190. The number of nitrogens with one attached hydrogen (secondary N) is 1. The van der Waals surface area contributed by atoms with Crippen LogP contribution < -0.4 is 5.32 Å². The molecule has 1 saturated heterocycles. The molecule has 1 fully saturated rings. The molecule has 0 spiro atoms. The first-order valence-electron chi connectivity index (χ1n) is 9.84. The first-order valence-corrected chi connectivity index (χ1v) is 9.84. The number of aromatic nitrogens is 5. The van der Waals surface area contributed by atoms with Crippen LogP contribution in [-0.4, -0.2) is 61.6 Å². The van der Waals surface area contributed by atoms with E-state index < -0.39 is 23.1 Å². The fourth-order valence-corrected chi connectivity index (χ4v) is 3.49. The number of hydrogen-bond donors (Lipinski definition) is 1. The van der Waals surface area contributed by atoms with E-state index in [1.165, 1.54) is 15.8 Å². The fourth-order valence-electron chi connectivity index (χ4n) is 3.49. The molecule has 4 heterocycles. The molecule has 0 bridgehead atoms. The molecule has 0 saturated carbocycles. The third-order valence-electron chi connectivity index (χ3n) is 5.07. The Bertz CT molecular complexity index is 1270. The summed E-state index contributed by atoms with van der Waals surface area (Å²) in [6, 6.07) is 5.62. The van der Waals surface area contributed by atoms with Crippen LogP contribution in [0, 0.1) is 11.6 Å². The zero-order chi connectivity index (χ0) is 22.1. The quantitative estimate of drug-likeness (QED) is 0.524. The number of fused-ring (bicyclic) bond motifs is 1. The lowest BCUT2D eigenvalue weighted by Crippen LogP contribution is -2.41. The molecule has 1 aliphatic heterocycles. The molecule has 0 aliphatic carbocycles. The normalized spacial score (nSPS) is 14.0. The summed E-state index contributed by atoms with van der Waals surface area (Å²) in [5.41, 5.74) is 0.0516. The zero-order valence-electron chi connectivity index (χ0n) is 16.7. The number of carbonyl (C=O) groups is 1. The van der Waals surface area contributed by atoms with Gasteiger partial charge in [0, 0.05) is 37.1 Å². The lowest BCUT2D eigenvalue weighted by atomic mass is 10.1. The van der Waals surface area contributed by atoms with Crippen molar-refractivity contribution in [2.45, 2.75) is 0 Å². The van der Waals surface area contributed by atoms with Gasteiger partial charge in [-0.15, -0.1) is 0 Å². The summed E-state index contributed by atoms with van der Waals surface area (Å²) in [7, 11) is 0. The molecule has 9 nitrogen and oxygen atoms in total. The SMILES string of the molecule is O=C(c1c(F)cc(-n2ccc3cnc(Nc4ccncn4)nc32)cc1F)N1CCOCC1. The van der Waals surface area contributed by atoms with Crippen molar-refractivity contribution in [1.29, 1.82) is 0 Å². The molecular weight excluding hydrogens is 420 g/mol. The molecule has 5 rings (SSSR count). The number of benzene rings is 1. The third-order valence-corrected chi connectivity index (χ3v) is 5.07. The molecule has 32 heavy (non-hydrogen) atoms. The highest BCUT2D eigenvalue weighted by molar-refractivity contribution is 5.95. The van der Waals surface area contributed by atoms with E-state index >= 15 is 0 Å². The molecule has 0 atom stereocenters. The third kappa shape index (κ3) is 3.73. The smallest absolute Gasteiger partial charge is 0.259 e. The minimum absolute atomic E-state index is 0.195. The van der Waals surface area contributed by atoms with E-state index in [2.05, 4.69) is 25.3 Å². The zero-order valence-corrected chi connectivity index (χ0v) is 16.7. The number of ether oxygens (including phenoxy) is 1. The molecular formula is C21H17F2N7O2. The van der Waals surface area contributed by atoms with Gasteiger partial charge in [-0.25, -0.2) is 23.7 Å². The van der Waals surface area contributed by atoms with Gasteiger partial charge >= 0.3 is 0 Å². The summed E-state index contributed by atoms with van der Waals surface area (Å²) in [4.78, 5) is 30.6. The Labute approximate surface area is 180 Å². The summed E-state index contributed by atoms with van der Waals surface area (Å²) in [6.07, 6.45) is 6.17. The Morgan fingerprint density at radius 2 is 1.88 bits per heavy atom. The van der Waals surface area contributed by atoms with Crippen LogP contribution in [0.5, 0.6) is 0 Å². The minimum atomic E-state index is -0.938. The second-order valence-corrected chi connectivity index (χ2v) is 7.07. The highest BCUT2D eigenvalue weighted by atomic mass is 19.1. The Balaban J connectivity index is 1.49. The maximum atomic E-state index is 14.9. The van der Waals surface area contributed by atoms with Crippen LogP contribution in [0.1, 0.15) is 10.4 Å². The Morgan fingerprint density at radius 1 is 1.09 bits per heavy atom. The van der Waals surface area contributed by atoms with Gasteiger partial charge in [0.2, 0.25) is 5.95 Å². The molecule has 1 amide bonds. The van der Waals surface area contributed by atoms with Crippen LogP contribution in [0.25, 0.3) is 16.7 Å². The molecule has 4 aromatic rings. The predicted octanol–water partition coefficient (Wildman–Crippen LogP) is 2.70. The Kier molecular flexibility index (Phi) is 5.15. The van der Waals surface area contributed by atoms with Gasteiger partial charge < -0.3 is 19.5 Å². The van der Waals surface area contributed by atoms with Crippen LogP contribution >= 0.6 is 0 Å². The topological polar surface area (TPSA) is 98.1 Å². The molecule has 3 aromatic heterocycles. The van der Waals surface area contributed by atoms with Crippen molar-refractivity contribution in [2.24, 2.45) is 0 Å². The van der Waals surface area contributed by atoms with Gasteiger partial charge in [-0.3, -0.25) is 4.79 Å². The number of hydrogen-bond acceptors (Lipinski definition) is 7. The largest absolute Gasteiger partial charge is 0.378 e. The van der Waals surface area contributed by atoms with Gasteiger partial charge in [0.05, 0.1) is 18.9 Å². The standard InChI is InChI=1S/C21H17F2N7O2/c22-15-9-14(10-16(23)18(15)20(31)29-5-7-32-8-6-29)30-4-2-13-11-25-21(28-19(13)30)27-17-1-3-24-12-26-17/h1-4,9-12H,5-8H2,(H,24,25,26,27,28). The summed E-state index contributed by atoms with van der Waals surface area (Å²) in [6.45, 7) is 1.27. The highest BCUT2D eigenvalue weighted by Gasteiger charge is 2.26. The first kappa shape index (κ1) is 19.9. The number of amides is 1. The molecule has 11 heteroatoms. The summed E-state index contributed by atoms with van der Waals surface area (Å²) in [5, 5.41) is 3.63. The van der Waals surface area contributed by atoms with Gasteiger partial charge in [0.15, 0.2) is 0 Å². The van der Waals surface area contributed by atoms with Gasteiger partial charge in [-0.2, -0.15) is 4.98 Å². The van der Waals surface area contributed by atoms with E-state index in [1.54, 1.807) is 30.7 Å². The summed E-state index contributed by atoms with van der Waals surface area (Å²) >= 11 is 0. The van der Waals surface area contributed by atoms with Crippen LogP contribution in [-0.2, 0) is 4.74 Å². The van der Waals surface area contributed by atoms with E-state index in [1.807, 2.05) is 0 Å². The number of anilines is 2. The Morgan fingerprint density at radius 3 is 2.59 bits per heavy atom. The van der Waals surface area contributed by atoms with Crippen molar-refractivity contribution in [3.8, 4) is 5.69 Å². The maximum absolute atomic E-state index is 14.9. The van der Waals surface area contributed by atoms with Gasteiger partial charge in [0.25, 0.3) is 5.91 Å². The molecule has 0 radical (unpaired) electrons. The van der Waals surface area contributed by atoms with Gasteiger partial charge in [-0.1, -0.05) is 0 Å². The van der Waals surface area contributed by atoms with Crippen molar-refractivity contribution < 1.29 is 18.3 Å². The van der Waals surface area contributed by atoms with E-state index in [0.29, 0.717) is 43.2 Å². The average molecular weight is 437 g/mol. The van der Waals surface area contributed by atoms with Gasteiger partial charge in [0.1, 0.15) is 35.0 Å². The van der Waals surface area contributed by atoms with Crippen LogP contribution in [0.3, 0.4) is 0 Å². The maximum Gasteiger partial charge on any atom is 0.259 e. The Hall–Kier alpha value is -3.99. The number of halogens is 2. The van der Waals surface area contributed by atoms with Crippen molar-refractivity contribution in [3.63, 3.8) is 0 Å². The molecule has 0 unspecified atom stereocenters. The van der Waals surface area contributed by atoms with Gasteiger partial charge in [-0.05, 0) is 24.3 Å². The van der Waals surface area contributed by atoms with E-state index in [4.69, 9.17) is 4.74 Å². The number of rotatable bonds is 4. The van der Waals surface area contributed by atoms with E-state index in [0.717, 1.165) is 12.1 Å². The predicted molar refractivity (Wildman–Crippen MR) is 111 cm³/mol. The monoisotopic (exact) mass is 437 g/mol. The number of nitrogens with zero attached hydrogens (tertiary/aromatic N) is 6. The van der Waals surface area contributed by atoms with Crippen molar-refractivity contribution in [3.05, 3.63) is 66.4 Å². The number of carbonyl (C=O) groups excluding carboxylic acids is 1. The second kappa shape index (κ2) is 8.27. The molecule has 1 aromatic carbocycles. The summed E-state index contributed by atoms with van der Waals surface area (Å²) < 4.78 is 36.5. The van der Waals surface area contributed by atoms with Crippen LogP contribution in [0.4, 0.5) is 20.5 Å². The van der Waals surface area contributed by atoms with Crippen LogP contribution in [0.15, 0.2) is 49.2 Å². The van der Waals surface area contributed by atoms with Crippen molar-refractivity contribution in [1.82, 2.24) is 29.4 Å².